The van der Waals surface area contributed by atoms with Crippen molar-refractivity contribution < 1.29 is 9.53 Å². The maximum Gasteiger partial charge on any atom is 0.310 e. The fraction of sp³-hybridized carbons (Fsp3) is 0.880. The van der Waals surface area contributed by atoms with Gasteiger partial charge >= 0.3 is 5.97 Å². The summed E-state index contributed by atoms with van der Waals surface area (Å²) in [6.45, 7) is 10.3. The van der Waals surface area contributed by atoms with Crippen molar-refractivity contribution in [3.05, 3.63) is 11.1 Å². The Kier molecular flexibility index (Phi) is 5.53. The molecular formula is C25H40N2O2. The average Bonchev–Trinajstić information content (AvgIpc) is 3.01. The molecule has 0 spiro atoms. The molecule has 2 aliphatic heterocycles. The Labute approximate surface area is 177 Å². The summed E-state index contributed by atoms with van der Waals surface area (Å²) in [5.41, 5.74) is 3.57. The second kappa shape index (κ2) is 8.00. The summed E-state index contributed by atoms with van der Waals surface area (Å²) in [5.74, 6) is 0.596. The van der Waals surface area contributed by atoms with Gasteiger partial charge in [-0.15, -0.1) is 0 Å². The van der Waals surface area contributed by atoms with Crippen molar-refractivity contribution in [3.63, 3.8) is 0 Å². The van der Waals surface area contributed by atoms with Crippen molar-refractivity contribution in [1.29, 1.82) is 0 Å². The van der Waals surface area contributed by atoms with Gasteiger partial charge in [-0.05, 0) is 57.3 Å². The van der Waals surface area contributed by atoms with Crippen LogP contribution in [0.3, 0.4) is 0 Å². The number of hydrogen-bond donors (Lipinski definition) is 0. The van der Waals surface area contributed by atoms with Gasteiger partial charge in [0.05, 0.1) is 5.92 Å². The van der Waals surface area contributed by atoms with E-state index >= 15 is 0 Å². The molecule has 0 bridgehead atoms. The summed E-state index contributed by atoms with van der Waals surface area (Å²) < 4.78 is 5.99. The van der Waals surface area contributed by atoms with Crippen LogP contribution in [0.15, 0.2) is 11.1 Å². The van der Waals surface area contributed by atoms with Crippen LogP contribution >= 0.6 is 0 Å². The van der Waals surface area contributed by atoms with Crippen LogP contribution in [0.25, 0.3) is 0 Å². The molecule has 0 N–H and O–H groups in total. The molecule has 0 aromatic rings. The third-order valence-electron chi connectivity index (χ3n) is 9.13. The smallest absolute Gasteiger partial charge is 0.310 e. The molecule has 0 aromatic heterocycles. The molecule has 4 heteroatoms. The van der Waals surface area contributed by atoms with Gasteiger partial charge < -0.3 is 4.74 Å². The molecular weight excluding hydrogens is 360 g/mol. The Balaban J connectivity index is 1.21. The van der Waals surface area contributed by atoms with Crippen molar-refractivity contribution >= 4 is 5.97 Å². The van der Waals surface area contributed by atoms with Gasteiger partial charge in [0.25, 0.3) is 0 Å². The molecule has 4 atom stereocenters. The number of nitrogens with zero attached hydrogens (tertiary/aromatic N) is 2. The van der Waals surface area contributed by atoms with E-state index in [1.165, 1.54) is 64.5 Å². The van der Waals surface area contributed by atoms with E-state index in [0.717, 1.165) is 38.5 Å². The average molecular weight is 401 g/mol. The van der Waals surface area contributed by atoms with Gasteiger partial charge in [-0.3, -0.25) is 14.6 Å². The molecule has 5 aliphatic rings. The van der Waals surface area contributed by atoms with Crippen molar-refractivity contribution in [2.75, 3.05) is 32.7 Å². The molecule has 29 heavy (non-hydrogen) atoms. The first kappa shape index (κ1) is 20.1. The predicted octanol–water partition coefficient (Wildman–Crippen LogP) is 4.40. The summed E-state index contributed by atoms with van der Waals surface area (Å²) in [7, 11) is 0. The first-order valence-corrected chi connectivity index (χ1v) is 12.4. The lowest BCUT2D eigenvalue weighted by Crippen LogP contribution is -2.52. The largest absolute Gasteiger partial charge is 0.462 e. The monoisotopic (exact) mass is 400 g/mol. The van der Waals surface area contributed by atoms with E-state index in [0.29, 0.717) is 5.92 Å². The molecule has 2 heterocycles. The van der Waals surface area contributed by atoms with Crippen LogP contribution in [0, 0.1) is 17.3 Å². The van der Waals surface area contributed by atoms with Gasteiger partial charge in [-0.2, -0.15) is 0 Å². The van der Waals surface area contributed by atoms with E-state index in [9.17, 15) is 4.79 Å². The van der Waals surface area contributed by atoms with Gasteiger partial charge in [0.15, 0.2) is 0 Å². The SMILES string of the molecule is CC1=C2CC3C(CC2(C)CCC1)OC(=O)C3CN1CCN(C2CCCCC2)CC1. The molecule has 0 aromatic carbocycles. The number of carbonyl (C=O) groups is 1. The summed E-state index contributed by atoms with van der Waals surface area (Å²) in [5, 5.41) is 0. The molecule has 4 nitrogen and oxygen atoms in total. The minimum Gasteiger partial charge on any atom is -0.462 e. The summed E-state index contributed by atoms with van der Waals surface area (Å²) in [6, 6.07) is 0.823. The Morgan fingerprint density at radius 3 is 2.59 bits per heavy atom. The number of piperazine rings is 1. The van der Waals surface area contributed by atoms with Crippen molar-refractivity contribution in [3.8, 4) is 0 Å². The van der Waals surface area contributed by atoms with Crippen LogP contribution < -0.4 is 0 Å². The Hall–Kier alpha value is -0.870. The lowest BCUT2D eigenvalue weighted by atomic mass is 9.59. The summed E-state index contributed by atoms with van der Waals surface area (Å²) >= 11 is 0. The molecule has 5 rings (SSSR count). The molecule has 0 amide bonds. The third-order valence-corrected chi connectivity index (χ3v) is 9.13. The molecule has 4 unspecified atom stereocenters. The van der Waals surface area contributed by atoms with E-state index in [1.54, 1.807) is 11.1 Å². The number of carbonyl (C=O) groups excluding carboxylic acids is 1. The topological polar surface area (TPSA) is 32.8 Å². The lowest BCUT2D eigenvalue weighted by Gasteiger charge is -2.46. The van der Waals surface area contributed by atoms with E-state index in [2.05, 4.69) is 23.6 Å². The molecule has 2 saturated carbocycles. The number of allylic oxidation sites excluding steroid dienone is 2. The predicted molar refractivity (Wildman–Crippen MR) is 116 cm³/mol. The van der Waals surface area contributed by atoms with Crippen molar-refractivity contribution in [2.45, 2.75) is 90.2 Å². The number of fused-ring (bicyclic) bond motifs is 2. The Morgan fingerprint density at radius 2 is 1.83 bits per heavy atom. The highest BCUT2D eigenvalue weighted by Crippen LogP contribution is 2.55. The third kappa shape index (κ3) is 3.80. The lowest BCUT2D eigenvalue weighted by molar-refractivity contribution is -0.145. The fourth-order valence-corrected chi connectivity index (χ4v) is 7.36. The summed E-state index contributed by atoms with van der Waals surface area (Å²) in [6.07, 6.45) is 13.2. The molecule has 3 aliphatic carbocycles. The standard InChI is InChI=1S/C25H40N2O2/c1-18-7-6-10-25(2)16-23-20(15-22(18)25)21(24(28)29-23)17-26-11-13-27(14-12-26)19-8-4-3-5-9-19/h19-21,23H,3-17H2,1-2H3. The van der Waals surface area contributed by atoms with E-state index in [-0.39, 0.29) is 23.4 Å². The zero-order valence-corrected chi connectivity index (χ0v) is 18.6. The van der Waals surface area contributed by atoms with Crippen LogP contribution in [-0.4, -0.2) is 60.6 Å². The second-order valence-corrected chi connectivity index (χ2v) is 11.0. The molecule has 0 radical (unpaired) electrons. The van der Waals surface area contributed by atoms with E-state index < -0.39 is 0 Å². The van der Waals surface area contributed by atoms with Crippen molar-refractivity contribution in [2.24, 2.45) is 17.3 Å². The first-order valence-electron chi connectivity index (χ1n) is 12.4. The van der Waals surface area contributed by atoms with Crippen LogP contribution in [0.5, 0.6) is 0 Å². The molecule has 2 saturated heterocycles. The van der Waals surface area contributed by atoms with Gasteiger partial charge in [0.2, 0.25) is 0 Å². The summed E-state index contributed by atoms with van der Waals surface area (Å²) in [4.78, 5) is 18.1. The van der Waals surface area contributed by atoms with E-state index in [4.69, 9.17) is 4.74 Å². The van der Waals surface area contributed by atoms with Crippen LogP contribution in [0.2, 0.25) is 0 Å². The van der Waals surface area contributed by atoms with Gasteiger partial charge in [0, 0.05) is 44.7 Å². The second-order valence-electron chi connectivity index (χ2n) is 11.0. The highest BCUT2D eigenvalue weighted by atomic mass is 16.6. The van der Waals surface area contributed by atoms with E-state index in [1.807, 2.05) is 0 Å². The highest BCUT2D eigenvalue weighted by molar-refractivity contribution is 5.76. The van der Waals surface area contributed by atoms with Gasteiger partial charge in [0.1, 0.15) is 6.10 Å². The minimum atomic E-state index is 0.0907. The van der Waals surface area contributed by atoms with Gasteiger partial charge in [-0.25, -0.2) is 0 Å². The number of esters is 1. The van der Waals surface area contributed by atoms with Crippen LogP contribution in [0.1, 0.15) is 78.1 Å². The number of ether oxygens (including phenoxy) is 1. The quantitative estimate of drug-likeness (QED) is 0.519. The normalized spacial score (nSPS) is 39.9. The van der Waals surface area contributed by atoms with Crippen molar-refractivity contribution in [1.82, 2.24) is 9.80 Å². The number of hydrogen-bond acceptors (Lipinski definition) is 4. The first-order chi connectivity index (χ1) is 14.0. The molecule has 162 valence electrons. The zero-order chi connectivity index (χ0) is 20.0. The maximum absolute atomic E-state index is 12.8. The minimum absolute atomic E-state index is 0.0907. The Bertz CT molecular complexity index is 660. The Morgan fingerprint density at radius 1 is 1.07 bits per heavy atom. The molecule has 4 fully saturated rings. The van der Waals surface area contributed by atoms with Crippen LogP contribution in [-0.2, 0) is 9.53 Å². The van der Waals surface area contributed by atoms with Crippen LogP contribution in [0.4, 0.5) is 0 Å². The van der Waals surface area contributed by atoms with Gasteiger partial charge in [-0.1, -0.05) is 37.3 Å². The highest BCUT2D eigenvalue weighted by Gasteiger charge is 2.53. The fourth-order valence-electron chi connectivity index (χ4n) is 7.36. The maximum atomic E-state index is 12.8. The zero-order valence-electron chi connectivity index (χ0n) is 18.6. The number of rotatable bonds is 3.